The second-order valence-electron chi connectivity index (χ2n) is 4.05. The van der Waals surface area contributed by atoms with Crippen molar-refractivity contribution in [3.63, 3.8) is 0 Å². The van der Waals surface area contributed by atoms with Crippen LogP contribution in [0.5, 0.6) is 0 Å². The van der Waals surface area contributed by atoms with Crippen molar-refractivity contribution in [1.82, 2.24) is 10.2 Å². The van der Waals surface area contributed by atoms with Crippen molar-refractivity contribution in [3.05, 3.63) is 0 Å². The molecule has 0 aromatic carbocycles. The molecule has 0 aliphatic carbocycles. The summed E-state index contributed by atoms with van der Waals surface area (Å²) in [6.45, 7) is 4.58. The monoisotopic (exact) mass is 224 g/mol. The SMILES string of the molecule is CCCC1CNCCN1CCC(F)(F)F. The van der Waals surface area contributed by atoms with Gasteiger partial charge in [0.1, 0.15) is 0 Å². The molecule has 0 saturated carbocycles. The van der Waals surface area contributed by atoms with Crippen LogP contribution in [-0.4, -0.2) is 43.3 Å². The largest absolute Gasteiger partial charge is 0.390 e. The number of halogens is 3. The average Bonchev–Trinajstić information content (AvgIpc) is 2.16. The Morgan fingerprint density at radius 1 is 1.40 bits per heavy atom. The van der Waals surface area contributed by atoms with Crippen LogP contribution in [0.2, 0.25) is 0 Å². The molecule has 1 atom stereocenters. The lowest BCUT2D eigenvalue weighted by Gasteiger charge is -2.36. The molecule has 15 heavy (non-hydrogen) atoms. The number of hydrogen-bond acceptors (Lipinski definition) is 2. The molecule has 1 rings (SSSR count). The maximum Gasteiger partial charge on any atom is 0.390 e. The summed E-state index contributed by atoms with van der Waals surface area (Å²) in [7, 11) is 0. The molecule has 0 amide bonds. The fraction of sp³-hybridized carbons (Fsp3) is 1.00. The van der Waals surface area contributed by atoms with E-state index in [9.17, 15) is 13.2 Å². The molecule has 1 heterocycles. The maximum atomic E-state index is 12.1. The molecule has 1 saturated heterocycles. The number of hydrogen-bond donors (Lipinski definition) is 1. The fourth-order valence-electron chi connectivity index (χ4n) is 1.99. The molecule has 0 spiro atoms. The zero-order valence-electron chi connectivity index (χ0n) is 9.11. The summed E-state index contributed by atoms with van der Waals surface area (Å²) in [5.74, 6) is 0. The van der Waals surface area contributed by atoms with Gasteiger partial charge in [-0.1, -0.05) is 13.3 Å². The summed E-state index contributed by atoms with van der Waals surface area (Å²) in [6.07, 6.45) is -2.71. The molecule has 90 valence electrons. The molecule has 2 nitrogen and oxygen atoms in total. The number of piperazine rings is 1. The predicted octanol–water partition coefficient (Wildman–Crippen LogP) is 2.01. The molecule has 0 aromatic rings. The molecule has 1 unspecified atom stereocenters. The van der Waals surface area contributed by atoms with Gasteiger partial charge in [0.25, 0.3) is 0 Å². The van der Waals surface area contributed by atoms with E-state index in [1.165, 1.54) is 0 Å². The van der Waals surface area contributed by atoms with Gasteiger partial charge in [0, 0.05) is 32.2 Å². The van der Waals surface area contributed by atoms with Crippen molar-refractivity contribution in [2.24, 2.45) is 0 Å². The summed E-state index contributed by atoms with van der Waals surface area (Å²) in [4.78, 5) is 1.97. The number of alkyl halides is 3. The van der Waals surface area contributed by atoms with E-state index < -0.39 is 12.6 Å². The van der Waals surface area contributed by atoms with Gasteiger partial charge in [-0.15, -0.1) is 0 Å². The van der Waals surface area contributed by atoms with Gasteiger partial charge in [-0.05, 0) is 6.42 Å². The van der Waals surface area contributed by atoms with Crippen LogP contribution < -0.4 is 5.32 Å². The average molecular weight is 224 g/mol. The van der Waals surface area contributed by atoms with Crippen LogP contribution in [0.3, 0.4) is 0 Å². The minimum absolute atomic E-state index is 0.149. The molecule has 1 fully saturated rings. The van der Waals surface area contributed by atoms with E-state index in [-0.39, 0.29) is 12.6 Å². The lowest BCUT2D eigenvalue weighted by molar-refractivity contribution is -0.139. The summed E-state index contributed by atoms with van der Waals surface area (Å²) in [5.41, 5.74) is 0. The number of nitrogens with zero attached hydrogens (tertiary/aromatic N) is 1. The molecule has 1 N–H and O–H groups in total. The Morgan fingerprint density at radius 3 is 2.73 bits per heavy atom. The molecule has 0 aromatic heterocycles. The van der Waals surface area contributed by atoms with Gasteiger partial charge >= 0.3 is 6.18 Å². The van der Waals surface area contributed by atoms with E-state index >= 15 is 0 Å². The third-order valence-corrected chi connectivity index (χ3v) is 2.78. The highest BCUT2D eigenvalue weighted by Crippen LogP contribution is 2.21. The summed E-state index contributed by atoms with van der Waals surface area (Å²) in [5, 5.41) is 3.22. The van der Waals surface area contributed by atoms with Crippen molar-refractivity contribution < 1.29 is 13.2 Å². The van der Waals surface area contributed by atoms with Gasteiger partial charge in [0.2, 0.25) is 0 Å². The van der Waals surface area contributed by atoms with Crippen LogP contribution >= 0.6 is 0 Å². The van der Waals surface area contributed by atoms with E-state index in [4.69, 9.17) is 0 Å². The Balaban J connectivity index is 2.35. The van der Waals surface area contributed by atoms with Gasteiger partial charge in [-0.3, -0.25) is 4.90 Å². The standard InChI is InChI=1S/C10H19F3N2/c1-2-3-9-8-14-5-7-15(9)6-4-10(11,12)13/h9,14H,2-8H2,1H3. The summed E-state index contributed by atoms with van der Waals surface area (Å²) < 4.78 is 36.2. The van der Waals surface area contributed by atoms with E-state index in [1.54, 1.807) is 0 Å². The normalized spacial score (nSPS) is 24.4. The summed E-state index contributed by atoms with van der Waals surface area (Å²) >= 11 is 0. The van der Waals surface area contributed by atoms with Gasteiger partial charge in [-0.2, -0.15) is 13.2 Å². The van der Waals surface area contributed by atoms with E-state index in [1.807, 2.05) is 4.90 Å². The van der Waals surface area contributed by atoms with E-state index in [0.717, 1.165) is 32.5 Å². The Kier molecular flexibility index (Phi) is 4.86. The number of rotatable bonds is 4. The molecule has 1 aliphatic heterocycles. The van der Waals surface area contributed by atoms with E-state index in [0.29, 0.717) is 0 Å². The van der Waals surface area contributed by atoms with Crippen molar-refractivity contribution in [2.45, 2.75) is 38.4 Å². The molecular formula is C10H19F3N2. The quantitative estimate of drug-likeness (QED) is 0.786. The van der Waals surface area contributed by atoms with Gasteiger partial charge in [0.15, 0.2) is 0 Å². The molecular weight excluding hydrogens is 205 g/mol. The predicted molar refractivity (Wildman–Crippen MR) is 53.8 cm³/mol. The van der Waals surface area contributed by atoms with Gasteiger partial charge in [0.05, 0.1) is 6.42 Å². The van der Waals surface area contributed by atoms with Gasteiger partial charge < -0.3 is 5.32 Å². The Hall–Kier alpha value is -0.290. The van der Waals surface area contributed by atoms with Crippen LogP contribution in [0.1, 0.15) is 26.2 Å². The van der Waals surface area contributed by atoms with Crippen LogP contribution in [0, 0.1) is 0 Å². The highest BCUT2D eigenvalue weighted by atomic mass is 19.4. The maximum absolute atomic E-state index is 12.1. The van der Waals surface area contributed by atoms with Crippen molar-refractivity contribution in [2.75, 3.05) is 26.2 Å². The van der Waals surface area contributed by atoms with Crippen LogP contribution in [0.25, 0.3) is 0 Å². The fourth-order valence-corrected chi connectivity index (χ4v) is 1.99. The molecule has 0 radical (unpaired) electrons. The first-order valence-electron chi connectivity index (χ1n) is 5.54. The molecule has 0 bridgehead atoms. The first kappa shape index (κ1) is 12.8. The third-order valence-electron chi connectivity index (χ3n) is 2.78. The summed E-state index contributed by atoms with van der Waals surface area (Å²) in [6, 6.07) is 0.283. The van der Waals surface area contributed by atoms with Gasteiger partial charge in [-0.25, -0.2) is 0 Å². The number of nitrogens with one attached hydrogen (secondary N) is 1. The topological polar surface area (TPSA) is 15.3 Å². The zero-order chi connectivity index (χ0) is 11.3. The first-order valence-corrected chi connectivity index (χ1v) is 5.54. The second-order valence-corrected chi connectivity index (χ2v) is 4.05. The minimum atomic E-state index is -4.03. The second kappa shape index (κ2) is 5.70. The zero-order valence-corrected chi connectivity index (χ0v) is 9.11. The van der Waals surface area contributed by atoms with Crippen molar-refractivity contribution in [3.8, 4) is 0 Å². The first-order chi connectivity index (χ1) is 7.03. The van der Waals surface area contributed by atoms with E-state index in [2.05, 4.69) is 12.2 Å². The third kappa shape index (κ3) is 4.84. The Bertz CT molecular complexity index is 180. The smallest absolute Gasteiger partial charge is 0.314 e. The van der Waals surface area contributed by atoms with Crippen molar-refractivity contribution in [1.29, 1.82) is 0 Å². The van der Waals surface area contributed by atoms with Crippen molar-refractivity contribution >= 4 is 0 Å². The Labute approximate surface area is 88.8 Å². The lowest BCUT2D eigenvalue weighted by Crippen LogP contribution is -2.51. The molecule has 1 aliphatic rings. The van der Waals surface area contributed by atoms with Crippen LogP contribution in [0.15, 0.2) is 0 Å². The highest BCUT2D eigenvalue weighted by Gasteiger charge is 2.30. The lowest BCUT2D eigenvalue weighted by atomic mass is 10.1. The highest BCUT2D eigenvalue weighted by molar-refractivity contribution is 4.79. The Morgan fingerprint density at radius 2 is 2.13 bits per heavy atom. The van der Waals surface area contributed by atoms with Crippen LogP contribution in [-0.2, 0) is 0 Å². The molecule has 5 heteroatoms. The van der Waals surface area contributed by atoms with Crippen LogP contribution in [0.4, 0.5) is 13.2 Å². The minimum Gasteiger partial charge on any atom is -0.314 e.